The second kappa shape index (κ2) is 10.4. The number of rotatable bonds is 8. The Labute approximate surface area is 128 Å². The Morgan fingerprint density at radius 1 is 1.48 bits per heavy atom. The molecule has 0 aliphatic carbocycles. The molecule has 1 aliphatic heterocycles. The SMILES string of the molecule is CCCCOCCNC(=NC)N1CCCC(CC(N)=O)C1. The van der Waals surface area contributed by atoms with E-state index in [-0.39, 0.29) is 5.91 Å². The van der Waals surface area contributed by atoms with Crippen LogP contribution >= 0.6 is 0 Å². The molecule has 0 aromatic carbocycles. The Bertz CT molecular complexity index is 334. The van der Waals surface area contributed by atoms with Crippen LogP contribution in [0.15, 0.2) is 4.99 Å². The molecule has 0 bridgehead atoms. The quantitative estimate of drug-likeness (QED) is 0.397. The Balaban J connectivity index is 2.29. The number of aliphatic imine (C=N–C) groups is 1. The fraction of sp³-hybridized carbons (Fsp3) is 0.867. The molecule has 0 aromatic heterocycles. The topological polar surface area (TPSA) is 79.9 Å². The van der Waals surface area contributed by atoms with Crippen molar-refractivity contribution >= 4 is 11.9 Å². The lowest BCUT2D eigenvalue weighted by molar-refractivity contribution is -0.119. The monoisotopic (exact) mass is 298 g/mol. The van der Waals surface area contributed by atoms with Gasteiger partial charge < -0.3 is 20.7 Å². The van der Waals surface area contributed by atoms with Crippen molar-refractivity contribution in [2.75, 3.05) is 39.9 Å². The number of amides is 1. The second-order valence-corrected chi connectivity index (χ2v) is 5.56. The summed E-state index contributed by atoms with van der Waals surface area (Å²) < 4.78 is 5.53. The Hall–Kier alpha value is -1.30. The standard InChI is InChI=1S/C15H30N4O2/c1-3-4-9-21-10-7-18-15(17-2)19-8-5-6-13(12-19)11-14(16)20/h13H,3-12H2,1-2H3,(H2,16,20)(H,17,18). The maximum atomic E-state index is 11.1. The highest BCUT2D eigenvalue weighted by atomic mass is 16.5. The normalized spacial score (nSPS) is 19.6. The van der Waals surface area contributed by atoms with Gasteiger partial charge in [0.05, 0.1) is 6.61 Å². The molecule has 1 atom stereocenters. The molecule has 0 aromatic rings. The largest absolute Gasteiger partial charge is 0.380 e. The van der Waals surface area contributed by atoms with Gasteiger partial charge in [-0.1, -0.05) is 13.3 Å². The first-order valence-electron chi connectivity index (χ1n) is 7.99. The number of nitrogens with zero attached hydrogens (tertiary/aromatic N) is 2. The zero-order chi connectivity index (χ0) is 15.5. The van der Waals surface area contributed by atoms with Crippen molar-refractivity contribution in [2.45, 2.75) is 39.0 Å². The van der Waals surface area contributed by atoms with E-state index in [9.17, 15) is 4.79 Å². The van der Waals surface area contributed by atoms with Crippen molar-refractivity contribution in [1.82, 2.24) is 10.2 Å². The third kappa shape index (κ3) is 7.32. The smallest absolute Gasteiger partial charge is 0.217 e. The summed E-state index contributed by atoms with van der Waals surface area (Å²) in [7, 11) is 1.79. The molecule has 6 nitrogen and oxygen atoms in total. The minimum Gasteiger partial charge on any atom is -0.380 e. The molecule has 1 rings (SSSR count). The molecule has 6 heteroatoms. The molecule has 0 spiro atoms. The Kier molecular flexibility index (Phi) is 8.82. The van der Waals surface area contributed by atoms with Crippen LogP contribution in [-0.4, -0.2) is 56.7 Å². The number of carbonyl (C=O) groups is 1. The van der Waals surface area contributed by atoms with Crippen LogP contribution in [0.1, 0.15) is 39.0 Å². The lowest BCUT2D eigenvalue weighted by Gasteiger charge is -2.34. The van der Waals surface area contributed by atoms with E-state index in [0.29, 0.717) is 18.9 Å². The molecule has 0 saturated carbocycles. The van der Waals surface area contributed by atoms with Crippen molar-refractivity contribution < 1.29 is 9.53 Å². The predicted octanol–water partition coefficient (Wildman–Crippen LogP) is 0.966. The fourth-order valence-electron chi connectivity index (χ4n) is 2.62. The van der Waals surface area contributed by atoms with E-state index in [1.165, 1.54) is 0 Å². The number of nitrogens with one attached hydrogen (secondary N) is 1. The molecular formula is C15H30N4O2. The zero-order valence-electron chi connectivity index (χ0n) is 13.4. The Morgan fingerprint density at radius 3 is 2.95 bits per heavy atom. The first kappa shape index (κ1) is 17.8. The highest BCUT2D eigenvalue weighted by molar-refractivity contribution is 5.80. The first-order chi connectivity index (χ1) is 10.2. The first-order valence-corrected chi connectivity index (χ1v) is 7.99. The van der Waals surface area contributed by atoms with E-state index < -0.39 is 0 Å². The van der Waals surface area contributed by atoms with Crippen molar-refractivity contribution in [2.24, 2.45) is 16.6 Å². The van der Waals surface area contributed by atoms with Gasteiger partial charge in [-0.25, -0.2) is 0 Å². The summed E-state index contributed by atoms with van der Waals surface area (Å²) in [6.45, 7) is 6.25. The number of guanidine groups is 1. The predicted molar refractivity (Wildman–Crippen MR) is 85.2 cm³/mol. The maximum absolute atomic E-state index is 11.1. The molecule has 1 unspecified atom stereocenters. The van der Waals surface area contributed by atoms with E-state index in [1.807, 2.05) is 0 Å². The summed E-state index contributed by atoms with van der Waals surface area (Å²) in [5, 5.41) is 3.32. The molecule has 0 radical (unpaired) electrons. The zero-order valence-corrected chi connectivity index (χ0v) is 13.4. The van der Waals surface area contributed by atoms with Gasteiger partial charge in [-0.15, -0.1) is 0 Å². The number of primary amides is 1. The molecule has 3 N–H and O–H groups in total. The molecule has 1 saturated heterocycles. The number of nitrogens with two attached hydrogens (primary N) is 1. The van der Waals surface area contributed by atoms with Gasteiger partial charge in [0.1, 0.15) is 0 Å². The second-order valence-electron chi connectivity index (χ2n) is 5.56. The number of hydrogen-bond acceptors (Lipinski definition) is 3. The van der Waals surface area contributed by atoms with Crippen LogP contribution in [0.3, 0.4) is 0 Å². The minimum absolute atomic E-state index is 0.214. The van der Waals surface area contributed by atoms with Crippen LogP contribution in [0.25, 0.3) is 0 Å². The van der Waals surface area contributed by atoms with Crippen molar-refractivity contribution in [3.8, 4) is 0 Å². The van der Waals surface area contributed by atoms with E-state index in [4.69, 9.17) is 10.5 Å². The summed E-state index contributed by atoms with van der Waals surface area (Å²) in [5.74, 6) is 1.02. The van der Waals surface area contributed by atoms with Crippen LogP contribution in [0, 0.1) is 5.92 Å². The van der Waals surface area contributed by atoms with Crippen molar-refractivity contribution in [3.63, 3.8) is 0 Å². The lowest BCUT2D eigenvalue weighted by Crippen LogP contribution is -2.47. The van der Waals surface area contributed by atoms with Crippen LogP contribution < -0.4 is 11.1 Å². The minimum atomic E-state index is -0.214. The number of piperidine rings is 1. The summed E-state index contributed by atoms with van der Waals surface area (Å²) in [5.41, 5.74) is 5.30. The van der Waals surface area contributed by atoms with Gasteiger partial charge in [-0.3, -0.25) is 9.79 Å². The summed E-state index contributed by atoms with van der Waals surface area (Å²) >= 11 is 0. The molecule has 1 aliphatic rings. The van der Waals surface area contributed by atoms with Crippen LogP contribution in [0.5, 0.6) is 0 Å². The lowest BCUT2D eigenvalue weighted by atomic mass is 9.95. The molecule has 1 heterocycles. The average molecular weight is 298 g/mol. The molecular weight excluding hydrogens is 268 g/mol. The third-order valence-electron chi connectivity index (χ3n) is 3.69. The van der Waals surface area contributed by atoms with Gasteiger partial charge in [-0.05, 0) is 25.2 Å². The fourth-order valence-corrected chi connectivity index (χ4v) is 2.62. The van der Waals surface area contributed by atoms with Gasteiger partial charge in [0, 0.05) is 39.7 Å². The summed E-state index contributed by atoms with van der Waals surface area (Å²) in [6, 6.07) is 0. The molecule has 1 fully saturated rings. The molecule has 21 heavy (non-hydrogen) atoms. The Morgan fingerprint density at radius 2 is 2.29 bits per heavy atom. The number of ether oxygens (including phenoxy) is 1. The molecule has 122 valence electrons. The van der Waals surface area contributed by atoms with Crippen molar-refractivity contribution in [1.29, 1.82) is 0 Å². The van der Waals surface area contributed by atoms with Gasteiger partial charge in [0.25, 0.3) is 0 Å². The van der Waals surface area contributed by atoms with Crippen molar-refractivity contribution in [3.05, 3.63) is 0 Å². The average Bonchev–Trinajstić information content (AvgIpc) is 2.46. The highest BCUT2D eigenvalue weighted by Gasteiger charge is 2.23. The number of carbonyl (C=O) groups excluding carboxylic acids is 1. The van der Waals surface area contributed by atoms with Gasteiger partial charge in [-0.2, -0.15) is 0 Å². The van der Waals surface area contributed by atoms with Crippen LogP contribution in [0.4, 0.5) is 0 Å². The van der Waals surface area contributed by atoms with E-state index >= 15 is 0 Å². The van der Waals surface area contributed by atoms with E-state index in [0.717, 1.165) is 57.9 Å². The van der Waals surface area contributed by atoms with Crippen LogP contribution in [-0.2, 0) is 9.53 Å². The summed E-state index contributed by atoms with van der Waals surface area (Å²) in [4.78, 5) is 17.6. The van der Waals surface area contributed by atoms with E-state index in [1.54, 1.807) is 7.05 Å². The number of unbranched alkanes of at least 4 members (excludes halogenated alkanes) is 1. The number of hydrogen-bond donors (Lipinski definition) is 2. The van der Waals surface area contributed by atoms with Gasteiger partial charge >= 0.3 is 0 Å². The van der Waals surface area contributed by atoms with Gasteiger partial charge in [0.2, 0.25) is 5.91 Å². The third-order valence-corrected chi connectivity index (χ3v) is 3.69. The molecule has 1 amide bonds. The van der Waals surface area contributed by atoms with E-state index in [2.05, 4.69) is 22.1 Å². The van der Waals surface area contributed by atoms with Gasteiger partial charge in [0.15, 0.2) is 5.96 Å². The highest BCUT2D eigenvalue weighted by Crippen LogP contribution is 2.19. The van der Waals surface area contributed by atoms with Crippen LogP contribution in [0.2, 0.25) is 0 Å². The summed E-state index contributed by atoms with van der Waals surface area (Å²) in [6.07, 6.45) is 4.87. The maximum Gasteiger partial charge on any atom is 0.217 e. The number of likely N-dealkylation sites (tertiary alicyclic amines) is 1.